The van der Waals surface area contributed by atoms with Gasteiger partial charge in [-0.15, -0.1) is 0 Å². The minimum atomic E-state index is -3.98. The van der Waals surface area contributed by atoms with E-state index in [1.807, 2.05) is 0 Å². The predicted octanol–water partition coefficient (Wildman–Crippen LogP) is 1.65. The van der Waals surface area contributed by atoms with E-state index in [9.17, 15) is 17.6 Å². The van der Waals surface area contributed by atoms with Gasteiger partial charge in [-0.05, 0) is 55.5 Å². The van der Waals surface area contributed by atoms with Crippen LogP contribution in [0, 0.1) is 11.7 Å². The quantitative estimate of drug-likeness (QED) is 0.579. The smallest absolute Gasteiger partial charge is 0.250 e. The Morgan fingerprint density at radius 3 is 2.25 bits per heavy atom. The van der Waals surface area contributed by atoms with Crippen molar-refractivity contribution in [3.63, 3.8) is 0 Å². The molecule has 0 radical (unpaired) electrons. The van der Waals surface area contributed by atoms with Gasteiger partial charge in [0.25, 0.3) is 10.0 Å². The third kappa shape index (κ3) is 4.41. The highest BCUT2D eigenvalue weighted by Crippen LogP contribution is 2.24. The number of nitrogens with one attached hydrogen (secondary N) is 4. The standard InChI is InChI=1S/C18H21FN4O4S/c1-11-16(17(24)20-13-7-9-15(27-2)10-8-13)18(22-21-11)28(25,26)23-14-5-3-12(19)4-6-14/h3-11,16,18,21-23H,1-2H3,(H,20,24). The number of rotatable bonds is 6. The minimum Gasteiger partial charge on any atom is -0.497 e. The van der Waals surface area contributed by atoms with Gasteiger partial charge < -0.3 is 10.1 Å². The summed E-state index contributed by atoms with van der Waals surface area (Å²) in [5.74, 6) is -1.20. The SMILES string of the molecule is COc1ccc(NC(=O)C2C(C)NNC2S(=O)(=O)Nc2ccc(F)cc2)cc1. The highest BCUT2D eigenvalue weighted by molar-refractivity contribution is 7.93. The maximum atomic E-state index is 13.0. The molecule has 2 aromatic carbocycles. The summed E-state index contributed by atoms with van der Waals surface area (Å²) in [7, 11) is -2.45. The molecule has 3 rings (SSSR count). The van der Waals surface area contributed by atoms with Crippen molar-refractivity contribution in [2.24, 2.45) is 5.92 Å². The number of hydrazine groups is 1. The molecule has 2 aromatic rings. The Bertz CT molecular complexity index is 935. The summed E-state index contributed by atoms with van der Waals surface area (Å²) in [6.07, 6.45) is 0. The number of ether oxygens (including phenoxy) is 1. The van der Waals surface area contributed by atoms with Gasteiger partial charge in [-0.2, -0.15) is 0 Å². The van der Waals surface area contributed by atoms with Crippen LogP contribution in [-0.4, -0.2) is 32.9 Å². The number of benzene rings is 2. The van der Waals surface area contributed by atoms with Gasteiger partial charge in [0.2, 0.25) is 5.91 Å². The molecule has 4 N–H and O–H groups in total. The predicted molar refractivity (Wildman–Crippen MR) is 104 cm³/mol. The van der Waals surface area contributed by atoms with Crippen molar-refractivity contribution in [1.82, 2.24) is 10.9 Å². The number of methoxy groups -OCH3 is 1. The van der Waals surface area contributed by atoms with Crippen molar-refractivity contribution < 1.29 is 22.3 Å². The molecule has 1 fully saturated rings. The Hall–Kier alpha value is -2.69. The zero-order chi connectivity index (χ0) is 20.3. The van der Waals surface area contributed by atoms with E-state index in [1.54, 1.807) is 31.2 Å². The molecule has 0 aliphatic carbocycles. The van der Waals surface area contributed by atoms with Gasteiger partial charge in [-0.3, -0.25) is 14.9 Å². The van der Waals surface area contributed by atoms with Crippen LogP contribution in [0.1, 0.15) is 6.92 Å². The number of hydrogen-bond donors (Lipinski definition) is 4. The molecule has 8 nitrogen and oxygen atoms in total. The van der Waals surface area contributed by atoms with Crippen LogP contribution in [0.15, 0.2) is 48.5 Å². The van der Waals surface area contributed by atoms with E-state index < -0.39 is 39.1 Å². The van der Waals surface area contributed by atoms with Crippen molar-refractivity contribution in [2.45, 2.75) is 18.3 Å². The van der Waals surface area contributed by atoms with Gasteiger partial charge in [-0.25, -0.2) is 18.2 Å². The van der Waals surface area contributed by atoms with Gasteiger partial charge in [-0.1, -0.05) is 0 Å². The molecule has 3 unspecified atom stereocenters. The van der Waals surface area contributed by atoms with Gasteiger partial charge >= 0.3 is 0 Å². The first kappa shape index (κ1) is 20.1. The van der Waals surface area contributed by atoms with E-state index in [0.717, 1.165) is 12.1 Å². The number of sulfonamides is 1. The molecule has 0 spiro atoms. The maximum absolute atomic E-state index is 13.0. The second-order valence-electron chi connectivity index (χ2n) is 6.40. The lowest BCUT2D eigenvalue weighted by Gasteiger charge is -2.21. The van der Waals surface area contributed by atoms with Gasteiger partial charge in [0.05, 0.1) is 13.0 Å². The third-order valence-corrected chi connectivity index (χ3v) is 6.02. The van der Waals surface area contributed by atoms with Crippen LogP contribution in [0.4, 0.5) is 15.8 Å². The first-order valence-corrected chi connectivity index (χ1v) is 10.1. The Kier molecular flexibility index (Phi) is 5.82. The molecule has 1 heterocycles. The number of carbonyl (C=O) groups is 1. The van der Waals surface area contributed by atoms with Crippen molar-refractivity contribution >= 4 is 27.3 Å². The average Bonchev–Trinajstić information content (AvgIpc) is 3.07. The Balaban J connectivity index is 1.76. The van der Waals surface area contributed by atoms with Crippen molar-refractivity contribution in [2.75, 3.05) is 17.1 Å². The van der Waals surface area contributed by atoms with E-state index in [0.29, 0.717) is 11.4 Å². The van der Waals surface area contributed by atoms with Gasteiger partial charge in [0, 0.05) is 17.4 Å². The summed E-state index contributed by atoms with van der Waals surface area (Å²) in [5, 5.41) is 1.51. The number of carbonyl (C=O) groups excluding carboxylic acids is 1. The zero-order valence-corrected chi connectivity index (χ0v) is 16.1. The van der Waals surface area contributed by atoms with Crippen LogP contribution >= 0.6 is 0 Å². The van der Waals surface area contributed by atoms with E-state index in [2.05, 4.69) is 20.9 Å². The zero-order valence-electron chi connectivity index (χ0n) is 15.3. The Morgan fingerprint density at radius 2 is 1.64 bits per heavy atom. The van der Waals surface area contributed by atoms with Crippen molar-refractivity contribution in [3.05, 3.63) is 54.3 Å². The fourth-order valence-corrected chi connectivity index (χ4v) is 4.50. The fraction of sp³-hybridized carbons (Fsp3) is 0.278. The molecule has 1 aliphatic heterocycles. The van der Waals surface area contributed by atoms with Crippen LogP contribution < -0.4 is 25.6 Å². The Labute approximate surface area is 162 Å². The lowest BCUT2D eigenvalue weighted by atomic mass is 10.0. The topological polar surface area (TPSA) is 109 Å². The molecule has 1 amide bonds. The van der Waals surface area contributed by atoms with E-state index >= 15 is 0 Å². The van der Waals surface area contributed by atoms with Gasteiger partial charge in [0.15, 0.2) is 5.37 Å². The molecule has 1 aliphatic rings. The lowest BCUT2D eigenvalue weighted by molar-refractivity contribution is -0.119. The van der Waals surface area contributed by atoms with Crippen LogP contribution in [0.2, 0.25) is 0 Å². The number of anilines is 2. The highest BCUT2D eigenvalue weighted by atomic mass is 32.2. The largest absolute Gasteiger partial charge is 0.497 e. The summed E-state index contributed by atoms with van der Waals surface area (Å²) < 4.78 is 46.0. The lowest BCUT2D eigenvalue weighted by Crippen LogP contribution is -2.45. The van der Waals surface area contributed by atoms with Crippen LogP contribution in [0.3, 0.4) is 0 Å². The first-order valence-electron chi connectivity index (χ1n) is 8.53. The van der Waals surface area contributed by atoms with E-state index in [1.165, 1.54) is 19.2 Å². The summed E-state index contributed by atoms with van der Waals surface area (Å²) in [4.78, 5) is 12.8. The molecule has 10 heteroatoms. The number of hydrogen-bond acceptors (Lipinski definition) is 6. The summed E-state index contributed by atoms with van der Waals surface area (Å²) in [6.45, 7) is 1.71. The van der Waals surface area contributed by atoms with E-state index in [-0.39, 0.29) is 5.69 Å². The Morgan fingerprint density at radius 1 is 1.04 bits per heavy atom. The fourth-order valence-electron chi connectivity index (χ4n) is 2.94. The second kappa shape index (κ2) is 8.13. The monoisotopic (exact) mass is 408 g/mol. The second-order valence-corrected chi connectivity index (χ2v) is 8.20. The minimum absolute atomic E-state index is 0.206. The summed E-state index contributed by atoms with van der Waals surface area (Å²) >= 11 is 0. The normalized spacial score (nSPS) is 21.9. The molecule has 1 saturated heterocycles. The average molecular weight is 408 g/mol. The summed E-state index contributed by atoms with van der Waals surface area (Å²) in [5.41, 5.74) is 6.18. The number of amides is 1. The van der Waals surface area contributed by atoms with E-state index in [4.69, 9.17) is 4.74 Å². The molecule has 150 valence electrons. The van der Waals surface area contributed by atoms with Crippen molar-refractivity contribution in [3.8, 4) is 5.75 Å². The highest BCUT2D eigenvalue weighted by Gasteiger charge is 2.46. The molecule has 0 aromatic heterocycles. The molecule has 3 atom stereocenters. The van der Waals surface area contributed by atoms with Crippen molar-refractivity contribution in [1.29, 1.82) is 0 Å². The molecular formula is C18H21FN4O4S. The van der Waals surface area contributed by atoms with Crippen LogP contribution in [-0.2, 0) is 14.8 Å². The molecular weight excluding hydrogens is 387 g/mol. The van der Waals surface area contributed by atoms with Gasteiger partial charge in [0.1, 0.15) is 11.6 Å². The maximum Gasteiger partial charge on any atom is 0.250 e. The first-order chi connectivity index (χ1) is 13.3. The molecule has 0 saturated carbocycles. The van der Waals surface area contributed by atoms with Crippen LogP contribution in [0.25, 0.3) is 0 Å². The van der Waals surface area contributed by atoms with Crippen LogP contribution in [0.5, 0.6) is 5.75 Å². The summed E-state index contributed by atoms with van der Waals surface area (Å²) in [6, 6.07) is 11.2. The number of halogens is 1. The molecule has 0 bridgehead atoms. The molecule has 28 heavy (non-hydrogen) atoms. The third-order valence-electron chi connectivity index (χ3n) is 4.42.